The Kier molecular flexibility index (Phi) is 1.49. The molecular formula is C7H5NO. The van der Waals surface area contributed by atoms with Crippen molar-refractivity contribution >= 4 is 12.0 Å². The Bertz CT molecular complexity index is 220. The van der Waals surface area contributed by atoms with Gasteiger partial charge in [0.1, 0.15) is 0 Å². The molecule has 0 atom stereocenters. The fraction of sp³-hybridized carbons (Fsp3) is 0. The van der Waals surface area contributed by atoms with Crippen molar-refractivity contribution in [3.8, 4) is 0 Å². The molecule has 1 N–H and O–H groups in total. The average molecular weight is 119 g/mol. The normalized spacial score (nSPS) is 8.89. The molecule has 0 saturated heterocycles. The lowest BCUT2D eigenvalue weighted by Gasteiger charge is -1.88. The van der Waals surface area contributed by atoms with Crippen LogP contribution in [0.3, 0.4) is 0 Å². The van der Waals surface area contributed by atoms with Crippen molar-refractivity contribution in [2.75, 3.05) is 0 Å². The van der Waals surface area contributed by atoms with Gasteiger partial charge in [0.15, 0.2) is 0 Å². The maximum atomic E-state index is 9.95. The average Bonchev–Trinajstić information content (AvgIpc) is 1.88. The molecule has 2 nitrogen and oxygen atoms in total. The van der Waals surface area contributed by atoms with Gasteiger partial charge in [-0.2, -0.15) is 0 Å². The molecule has 0 bridgehead atoms. The second-order valence-electron chi connectivity index (χ2n) is 1.68. The topological polar surface area (TPSA) is 40.9 Å². The van der Waals surface area contributed by atoms with Crippen LogP contribution in [0.4, 0.5) is 5.69 Å². The van der Waals surface area contributed by atoms with E-state index < -0.39 is 0 Å². The minimum Gasteiger partial charge on any atom is -0.301 e. The first-order chi connectivity index (χ1) is 4.33. The zero-order chi connectivity index (χ0) is 6.69. The van der Waals surface area contributed by atoms with Crippen molar-refractivity contribution in [2.24, 2.45) is 0 Å². The summed E-state index contributed by atoms with van der Waals surface area (Å²) in [5.74, 6) is 0. The van der Waals surface area contributed by atoms with Crippen LogP contribution < -0.4 is 5.73 Å². The maximum Gasteiger partial charge on any atom is 0.233 e. The van der Waals surface area contributed by atoms with Gasteiger partial charge >= 0.3 is 0 Å². The van der Waals surface area contributed by atoms with Gasteiger partial charge in [-0.15, -0.1) is 0 Å². The van der Waals surface area contributed by atoms with Crippen molar-refractivity contribution in [2.45, 2.75) is 0 Å². The SMILES string of the molecule is [NH]c1cccc([C]=O)c1. The van der Waals surface area contributed by atoms with E-state index in [0.717, 1.165) is 0 Å². The Morgan fingerprint density at radius 3 is 2.67 bits per heavy atom. The number of hydrogen-bond acceptors (Lipinski definition) is 1. The van der Waals surface area contributed by atoms with Gasteiger partial charge in [0, 0.05) is 5.56 Å². The van der Waals surface area contributed by atoms with Gasteiger partial charge in [-0.25, -0.2) is 0 Å². The van der Waals surface area contributed by atoms with Crippen LogP contribution in [0.5, 0.6) is 0 Å². The summed E-state index contributed by atoms with van der Waals surface area (Å²) in [7, 11) is 0. The highest BCUT2D eigenvalue weighted by molar-refractivity contribution is 5.76. The summed E-state index contributed by atoms with van der Waals surface area (Å²) in [4.78, 5) is 9.95. The monoisotopic (exact) mass is 119 g/mol. The summed E-state index contributed by atoms with van der Waals surface area (Å²) in [5, 5.41) is 0. The number of carbonyl (C=O) groups excluding carboxylic acids is 1. The molecule has 0 aliphatic heterocycles. The third kappa shape index (κ3) is 1.29. The quantitative estimate of drug-likeness (QED) is 0.544. The molecule has 0 unspecified atom stereocenters. The molecule has 0 aliphatic rings. The van der Waals surface area contributed by atoms with Crippen molar-refractivity contribution in [3.05, 3.63) is 29.8 Å². The van der Waals surface area contributed by atoms with Crippen LogP contribution in [0.25, 0.3) is 0 Å². The van der Waals surface area contributed by atoms with E-state index in [9.17, 15) is 4.79 Å². The Hall–Kier alpha value is -1.31. The first kappa shape index (κ1) is 5.82. The number of nitrogens with one attached hydrogen (secondary N) is 1. The summed E-state index contributed by atoms with van der Waals surface area (Å²) in [6, 6.07) is 6.35. The predicted molar refractivity (Wildman–Crippen MR) is 34.0 cm³/mol. The van der Waals surface area contributed by atoms with Crippen molar-refractivity contribution in [1.82, 2.24) is 5.73 Å². The van der Waals surface area contributed by atoms with Gasteiger partial charge in [0.2, 0.25) is 6.29 Å². The van der Waals surface area contributed by atoms with Crippen LogP contribution in [0, 0.1) is 0 Å². The molecule has 0 aromatic heterocycles. The Balaban J connectivity index is 3.07. The summed E-state index contributed by atoms with van der Waals surface area (Å²) in [6.45, 7) is 0. The molecule has 44 valence electrons. The second kappa shape index (κ2) is 2.31. The van der Waals surface area contributed by atoms with Crippen LogP contribution in [0.1, 0.15) is 5.56 Å². The molecule has 1 aromatic carbocycles. The van der Waals surface area contributed by atoms with E-state index in [1.807, 2.05) is 0 Å². The van der Waals surface area contributed by atoms with Gasteiger partial charge in [-0.1, -0.05) is 12.1 Å². The molecule has 0 spiro atoms. The zero-order valence-electron chi connectivity index (χ0n) is 4.72. The lowest BCUT2D eigenvalue weighted by molar-refractivity contribution is 0.563. The zero-order valence-corrected chi connectivity index (χ0v) is 4.72. The Labute approximate surface area is 53.3 Å². The van der Waals surface area contributed by atoms with E-state index in [-0.39, 0.29) is 0 Å². The van der Waals surface area contributed by atoms with E-state index in [4.69, 9.17) is 5.73 Å². The third-order valence-electron chi connectivity index (χ3n) is 0.980. The first-order valence-corrected chi connectivity index (χ1v) is 2.53. The lowest BCUT2D eigenvalue weighted by atomic mass is 10.2. The Morgan fingerprint density at radius 1 is 1.44 bits per heavy atom. The van der Waals surface area contributed by atoms with Gasteiger partial charge in [-0.05, 0) is 12.1 Å². The largest absolute Gasteiger partial charge is 0.301 e. The van der Waals surface area contributed by atoms with Crippen molar-refractivity contribution in [1.29, 1.82) is 0 Å². The van der Waals surface area contributed by atoms with Crippen LogP contribution in [-0.4, -0.2) is 6.29 Å². The molecule has 2 heteroatoms. The number of hydrogen-bond donors (Lipinski definition) is 0. The van der Waals surface area contributed by atoms with Gasteiger partial charge in [0.25, 0.3) is 0 Å². The maximum absolute atomic E-state index is 9.95. The van der Waals surface area contributed by atoms with E-state index in [1.165, 1.54) is 6.07 Å². The van der Waals surface area contributed by atoms with Crippen LogP contribution in [0.2, 0.25) is 0 Å². The molecule has 0 heterocycles. The van der Waals surface area contributed by atoms with Gasteiger partial charge in [-0.3, -0.25) is 4.79 Å². The van der Waals surface area contributed by atoms with E-state index >= 15 is 0 Å². The number of rotatable bonds is 1. The molecule has 9 heavy (non-hydrogen) atoms. The molecule has 0 amide bonds. The van der Waals surface area contributed by atoms with Crippen LogP contribution in [0.15, 0.2) is 24.3 Å². The summed E-state index contributed by atoms with van der Waals surface area (Å²) < 4.78 is 0. The predicted octanol–water partition coefficient (Wildman–Crippen LogP) is 1.06. The highest BCUT2D eigenvalue weighted by atomic mass is 16.1. The minimum atomic E-state index is 0.343. The lowest BCUT2D eigenvalue weighted by Crippen LogP contribution is -1.77. The van der Waals surface area contributed by atoms with E-state index in [0.29, 0.717) is 11.3 Å². The Morgan fingerprint density at radius 2 is 2.22 bits per heavy atom. The minimum absolute atomic E-state index is 0.343. The van der Waals surface area contributed by atoms with Crippen LogP contribution >= 0.6 is 0 Å². The fourth-order valence-electron chi connectivity index (χ4n) is 0.583. The smallest absolute Gasteiger partial charge is 0.233 e. The molecule has 2 radical (unpaired) electrons. The highest BCUT2D eigenvalue weighted by Crippen LogP contribution is 2.04. The molecule has 1 rings (SSSR count). The van der Waals surface area contributed by atoms with E-state index in [1.54, 1.807) is 24.5 Å². The van der Waals surface area contributed by atoms with E-state index in [2.05, 4.69) is 0 Å². The van der Waals surface area contributed by atoms with Gasteiger partial charge < -0.3 is 5.73 Å². The molecule has 1 aromatic rings. The van der Waals surface area contributed by atoms with Gasteiger partial charge in [0.05, 0.1) is 5.69 Å². The fourth-order valence-corrected chi connectivity index (χ4v) is 0.583. The summed E-state index contributed by atoms with van der Waals surface area (Å²) in [6.07, 6.45) is 1.70. The first-order valence-electron chi connectivity index (χ1n) is 2.53. The molecule has 0 saturated carbocycles. The second-order valence-corrected chi connectivity index (χ2v) is 1.68. The highest BCUT2D eigenvalue weighted by Gasteiger charge is 1.88. The molecular weight excluding hydrogens is 114 g/mol. The van der Waals surface area contributed by atoms with Crippen LogP contribution in [-0.2, 0) is 4.79 Å². The number of benzene rings is 1. The molecule has 0 fully saturated rings. The molecule has 0 aliphatic carbocycles. The third-order valence-corrected chi connectivity index (χ3v) is 0.980. The standard InChI is InChI=1S/C7H5NO/c8-7-3-1-2-6(4-7)5-9/h1-4,8H. The summed E-state index contributed by atoms with van der Waals surface area (Å²) >= 11 is 0. The van der Waals surface area contributed by atoms with Crippen molar-refractivity contribution < 1.29 is 4.79 Å². The summed E-state index contributed by atoms with van der Waals surface area (Å²) in [5.41, 5.74) is 7.84. The van der Waals surface area contributed by atoms with Crippen molar-refractivity contribution in [3.63, 3.8) is 0 Å².